The number of nitrogens with zero attached hydrogens (tertiary/aromatic N) is 4. The van der Waals surface area contributed by atoms with Gasteiger partial charge < -0.3 is 4.90 Å². The van der Waals surface area contributed by atoms with Crippen LogP contribution in [0, 0.1) is 13.0 Å². The first-order valence-corrected chi connectivity index (χ1v) is 8.95. The number of hydrogen-bond donors (Lipinski definition) is 0. The van der Waals surface area contributed by atoms with Gasteiger partial charge in [-0.25, -0.2) is 9.67 Å². The Balaban J connectivity index is 1.92. The molecule has 1 aromatic heterocycles. The highest BCUT2D eigenvalue weighted by Gasteiger charge is 2.43. The van der Waals surface area contributed by atoms with Crippen LogP contribution < -0.4 is 4.90 Å². The van der Waals surface area contributed by atoms with Crippen molar-refractivity contribution in [2.75, 3.05) is 11.4 Å². The van der Waals surface area contributed by atoms with Crippen molar-refractivity contribution in [2.24, 2.45) is 0 Å². The predicted octanol–water partition coefficient (Wildman–Crippen LogP) is 4.43. The summed E-state index contributed by atoms with van der Waals surface area (Å²) in [6.07, 6.45) is 6.64. The second-order valence-electron chi connectivity index (χ2n) is 6.52. The highest BCUT2D eigenvalue weighted by atomic mass is 35.5. The summed E-state index contributed by atoms with van der Waals surface area (Å²) in [5.74, 6) is 0. The van der Waals surface area contributed by atoms with Gasteiger partial charge in [-0.3, -0.25) is 0 Å². The molecule has 25 heavy (non-hydrogen) atoms. The highest BCUT2D eigenvalue weighted by Crippen LogP contribution is 2.41. The van der Waals surface area contributed by atoms with Crippen LogP contribution in [0.1, 0.15) is 30.4 Å². The van der Waals surface area contributed by atoms with Crippen LogP contribution in [-0.2, 0) is 5.66 Å². The van der Waals surface area contributed by atoms with Crippen LogP contribution in [0.15, 0.2) is 55.1 Å². The van der Waals surface area contributed by atoms with Crippen LogP contribution in [0.4, 0.5) is 5.69 Å². The average molecular weight is 352 g/mol. The van der Waals surface area contributed by atoms with E-state index in [1.165, 1.54) is 5.56 Å². The SMILES string of the molecule is Cc1cc[c]c(N2CCCCC2(c2ccc(Cl)cc2)n2cncn2)c1. The fourth-order valence-corrected chi connectivity index (χ4v) is 3.91. The van der Waals surface area contributed by atoms with E-state index in [-0.39, 0.29) is 0 Å². The largest absolute Gasteiger partial charge is 0.343 e. The Morgan fingerprint density at radius 3 is 2.72 bits per heavy atom. The van der Waals surface area contributed by atoms with Gasteiger partial charge in [0, 0.05) is 23.3 Å². The van der Waals surface area contributed by atoms with Gasteiger partial charge in [0.25, 0.3) is 0 Å². The van der Waals surface area contributed by atoms with Gasteiger partial charge in [-0.2, -0.15) is 5.10 Å². The minimum Gasteiger partial charge on any atom is -0.343 e. The fraction of sp³-hybridized carbons (Fsp3) is 0.300. The number of aromatic nitrogens is 3. The Hall–Kier alpha value is -2.33. The van der Waals surface area contributed by atoms with Gasteiger partial charge in [-0.1, -0.05) is 35.9 Å². The zero-order chi connectivity index (χ0) is 17.3. The molecule has 1 saturated heterocycles. The summed E-state index contributed by atoms with van der Waals surface area (Å²) in [6, 6.07) is 17.8. The van der Waals surface area contributed by atoms with Crippen LogP contribution >= 0.6 is 11.6 Å². The van der Waals surface area contributed by atoms with Gasteiger partial charge in [0.2, 0.25) is 0 Å². The van der Waals surface area contributed by atoms with Gasteiger partial charge in [-0.15, -0.1) is 0 Å². The number of halogens is 1. The molecule has 4 nitrogen and oxygen atoms in total. The third-order valence-corrected chi connectivity index (χ3v) is 5.19. The van der Waals surface area contributed by atoms with E-state index in [1.54, 1.807) is 6.33 Å². The predicted molar refractivity (Wildman–Crippen MR) is 99.8 cm³/mol. The number of aryl methyl sites for hydroxylation is 1. The molecule has 1 atom stereocenters. The maximum atomic E-state index is 6.14. The molecule has 1 aliphatic heterocycles. The van der Waals surface area contributed by atoms with Crippen LogP contribution in [0.5, 0.6) is 0 Å². The molecule has 0 aliphatic carbocycles. The lowest BCUT2D eigenvalue weighted by Gasteiger charge is -2.48. The molecular formula is C20H20ClN4. The lowest BCUT2D eigenvalue weighted by Crippen LogP contribution is -2.55. The molecule has 1 unspecified atom stereocenters. The zero-order valence-electron chi connectivity index (χ0n) is 14.2. The Labute approximate surface area is 153 Å². The second kappa shape index (κ2) is 6.52. The molecule has 2 heterocycles. The summed E-state index contributed by atoms with van der Waals surface area (Å²) in [7, 11) is 0. The van der Waals surface area contributed by atoms with E-state index >= 15 is 0 Å². The van der Waals surface area contributed by atoms with Crippen LogP contribution in [-0.4, -0.2) is 21.3 Å². The summed E-state index contributed by atoms with van der Waals surface area (Å²) < 4.78 is 1.98. The van der Waals surface area contributed by atoms with E-state index in [0.717, 1.165) is 42.1 Å². The molecule has 5 heteroatoms. The van der Waals surface area contributed by atoms with E-state index in [1.807, 2.05) is 29.2 Å². The minimum atomic E-state index is -0.413. The lowest BCUT2D eigenvalue weighted by atomic mass is 9.87. The molecule has 0 saturated carbocycles. The molecule has 4 rings (SSSR count). The maximum absolute atomic E-state index is 6.14. The van der Waals surface area contributed by atoms with Crippen molar-refractivity contribution in [3.63, 3.8) is 0 Å². The van der Waals surface area contributed by atoms with Crippen LogP contribution in [0.3, 0.4) is 0 Å². The topological polar surface area (TPSA) is 34.0 Å². The highest BCUT2D eigenvalue weighted by molar-refractivity contribution is 6.30. The van der Waals surface area contributed by atoms with Crippen LogP contribution in [0.25, 0.3) is 0 Å². The Morgan fingerprint density at radius 1 is 1.16 bits per heavy atom. The molecule has 0 spiro atoms. The Bertz CT molecular complexity index is 844. The molecule has 0 bridgehead atoms. The molecule has 1 aliphatic rings. The van der Waals surface area contributed by atoms with E-state index < -0.39 is 5.66 Å². The molecule has 1 fully saturated rings. The quantitative estimate of drug-likeness (QED) is 0.700. The normalized spacial score (nSPS) is 20.6. The van der Waals surface area contributed by atoms with Gasteiger partial charge in [0.05, 0.1) is 0 Å². The summed E-state index contributed by atoms with van der Waals surface area (Å²) in [4.78, 5) is 6.62. The molecule has 1 radical (unpaired) electrons. The second-order valence-corrected chi connectivity index (χ2v) is 6.96. The number of benzene rings is 2. The number of hydrogen-bond acceptors (Lipinski definition) is 3. The van der Waals surface area contributed by atoms with Gasteiger partial charge in [0.15, 0.2) is 5.66 Å². The summed E-state index contributed by atoms with van der Waals surface area (Å²) >= 11 is 6.14. The average Bonchev–Trinajstić information content (AvgIpc) is 3.17. The number of piperidine rings is 1. The molecule has 3 aromatic rings. The standard InChI is InChI=1S/C20H20ClN4/c1-16-5-4-6-19(13-16)24-12-3-2-11-20(24,25-15-22-14-23-25)17-7-9-18(21)10-8-17/h4-5,7-10,13-15H,2-3,11-12H2,1H3. The number of anilines is 1. The van der Waals surface area contributed by atoms with Crippen molar-refractivity contribution in [3.8, 4) is 0 Å². The maximum Gasteiger partial charge on any atom is 0.161 e. The summed E-state index contributed by atoms with van der Waals surface area (Å²) in [6.45, 7) is 3.06. The lowest BCUT2D eigenvalue weighted by molar-refractivity contribution is 0.240. The van der Waals surface area contributed by atoms with Gasteiger partial charge in [0.1, 0.15) is 12.7 Å². The molecule has 2 aromatic carbocycles. The van der Waals surface area contributed by atoms with Gasteiger partial charge >= 0.3 is 0 Å². The fourth-order valence-electron chi connectivity index (χ4n) is 3.79. The molecular weight excluding hydrogens is 332 g/mol. The smallest absolute Gasteiger partial charge is 0.161 e. The van der Waals surface area contributed by atoms with Crippen molar-refractivity contribution in [1.29, 1.82) is 0 Å². The summed E-state index contributed by atoms with van der Waals surface area (Å²) in [5.41, 5.74) is 3.06. The van der Waals surface area contributed by atoms with E-state index in [4.69, 9.17) is 11.6 Å². The number of rotatable bonds is 3. The third-order valence-electron chi connectivity index (χ3n) is 4.94. The molecule has 0 amide bonds. The molecule has 0 N–H and O–H groups in total. The minimum absolute atomic E-state index is 0.413. The Kier molecular flexibility index (Phi) is 4.22. The summed E-state index contributed by atoms with van der Waals surface area (Å²) in [5, 5.41) is 5.26. The first-order chi connectivity index (χ1) is 12.2. The molecule has 127 valence electrons. The van der Waals surface area contributed by atoms with E-state index in [9.17, 15) is 0 Å². The van der Waals surface area contributed by atoms with E-state index in [2.05, 4.69) is 52.2 Å². The van der Waals surface area contributed by atoms with Crippen molar-refractivity contribution in [2.45, 2.75) is 31.8 Å². The van der Waals surface area contributed by atoms with Gasteiger partial charge in [-0.05, 0) is 55.5 Å². The Morgan fingerprint density at radius 2 is 2.00 bits per heavy atom. The van der Waals surface area contributed by atoms with Crippen LogP contribution in [0.2, 0.25) is 5.02 Å². The third kappa shape index (κ3) is 2.81. The first kappa shape index (κ1) is 16.2. The van der Waals surface area contributed by atoms with E-state index in [0.29, 0.717) is 0 Å². The zero-order valence-corrected chi connectivity index (χ0v) is 14.9. The van der Waals surface area contributed by atoms with Crippen molar-refractivity contribution >= 4 is 17.3 Å². The monoisotopic (exact) mass is 351 g/mol. The van der Waals surface area contributed by atoms with Crippen molar-refractivity contribution in [1.82, 2.24) is 14.8 Å². The van der Waals surface area contributed by atoms with Crippen molar-refractivity contribution < 1.29 is 0 Å². The first-order valence-electron chi connectivity index (χ1n) is 8.57. The van der Waals surface area contributed by atoms with Crippen molar-refractivity contribution in [3.05, 3.63) is 77.3 Å².